The molecule has 0 bridgehead atoms. The third kappa shape index (κ3) is 3.40. The Kier molecular flexibility index (Phi) is 4.30. The van der Waals surface area contributed by atoms with Crippen LogP contribution in [0.1, 0.15) is 27.2 Å². The number of ether oxygens (including phenoxy) is 1. The van der Waals surface area contributed by atoms with E-state index in [1.165, 1.54) is 0 Å². The third-order valence-electron chi connectivity index (χ3n) is 3.90. The lowest BCUT2D eigenvalue weighted by molar-refractivity contribution is -0.128. The zero-order chi connectivity index (χ0) is 15.6. The fourth-order valence-electron chi connectivity index (χ4n) is 2.80. The van der Waals surface area contributed by atoms with Crippen LogP contribution in [0.4, 0.5) is 11.4 Å². The number of nitrogens with zero attached hydrogens (tertiary/aromatic N) is 1. The Morgan fingerprint density at radius 1 is 1.43 bits per heavy atom. The van der Waals surface area contributed by atoms with Gasteiger partial charge in [-0.2, -0.15) is 0 Å². The minimum Gasteiger partial charge on any atom is -0.491 e. The predicted molar refractivity (Wildman–Crippen MR) is 85.6 cm³/mol. The van der Waals surface area contributed by atoms with Crippen LogP contribution < -0.4 is 20.7 Å². The van der Waals surface area contributed by atoms with Crippen molar-refractivity contribution in [3.63, 3.8) is 0 Å². The monoisotopic (exact) mass is 291 g/mol. The Hall–Kier alpha value is -1.91. The number of carbonyl (C=O) groups is 1. The number of hydrogen-bond donors (Lipinski definition) is 2. The van der Waals surface area contributed by atoms with Gasteiger partial charge in [0, 0.05) is 43.6 Å². The number of carbonyl (C=O) groups excluding carboxylic acids is 1. The average Bonchev–Trinajstić information content (AvgIpc) is 2.80. The van der Waals surface area contributed by atoms with E-state index in [4.69, 9.17) is 10.5 Å². The molecule has 1 heterocycles. The molecule has 1 aliphatic rings. The second-order valence-electron chi connectivity index (χ2n) is 6.24. The molecule has 0 saturated carbocycles. The van der Waals surface area contributed by atoms with Crippen molar-refractivity contribution < 1.29 is 9.53 Å². The van der Waals surface area contributed by atoms with E-state index in [1.807, 2.05) is 39.0 Å². The smallest absolute Gasteiger partial charge is 0.227 e. The number of benzene rings is 1. The molecule has 1 aromatic carbocycles. The van der Waals surface area contributed by atoms with E-state index in [-0.39, 0.29) is 17.4 Å². The molecule has 1 aliphatic heterocycles. The lowest BCUT2D eigenvalue weighted by Gasteiger charge is -2.24. The van der Waals surface area contributed by atoms with Gasteiger partial charge in [-0.05, 0) is 33.3 Å². The maximum absolute atomic E-state index is 12.0. The molecule has 2 rings (SSSR count). The van der Waals surface area contributed by atoms with Gasteiger partial charge in [0.2, 0.25) is 5.91 Å². The molecule has 0 spiro atoms. The van der Waals surface area contributed by atoms with Gasteiger partial charge in [0.15, 0.2) is 0 Å². The highest BCUT2D eigenvalue weighted by molar-refractivity contribution is 5.83. The van der Waals surface area contributed by atoms with Crippen molar-refractivity contribution >= 4 is 17.3 Å². The average molecular weight is 291 g/mol. The van der Waals surface area contributed by atoms with Crippen molar-refractivity contribution in [2.45, 2.75) is 33.3 Å². The molecule has 5 heteroatoms. The zero-order valence-electron chi connectivity index (χ0n) is 13.3. The summed E-state index contributed by atoms with van der Waals surface area (Å²) in [5, 5.41) is 2.75. The van der Waals surface area contributed by atoms with Gasteiger partial charge < -0.3 is 20.7 Å². The highest BCUT2D eigenvalue weighted by Gasteiger charge is 2.40. The molecule has 1 atom stereocenters. The number of nitrogens with one attached hydrogen (secondary N) is 1. The molecule has 1 fully saturated rings. The van der Waals surface area contributed by atoms with Crippen molar-refractivity contribution in [3.05, 3.63) is 18.2 Å². The fraction of sp³-hybridized carbons (Fsp3) is 0.562. The minimum atomic E-state index is -0.349. The molecule has 1 aromatic rings. The highest BCUT2D eigenvalue weighted by atomic mass is 16.5. The van der Waals surface area contributed by atoms with Crippen molar-refractivity contribution in [1.29, 1.82) is 0 Å². The largest absolute Gasteiger partial charge is 0.491 e. The summed E-state index contributed by atoms with van der Waals surface area (Å²) in [6, 6.07) is 5.76. The summed E-state index contributed by atoms with van der Waals surface area (Å²) in [5.41, 5.74) is 7.31. The molecular weight excluding hydrogens is 266 g/mol. The molecule has 0 radical (unpaired) electrons. The quantitative estimate of drug-likeness (QED) is 0.833. The van der Waals surface area contributed by atoms with E-state index in [2.05, 4.69) is 10.2 Å². The van der Waals surface area contributed by atoms with Gasteiger partial charge in [-0.25, -0.2) is 0 Å². The van der Waals surface area contributed by atoms with Gasteiger partial charge >= 0.3 is 0 Å². The van der Waals surface area contributed by atoms with Crippen LogP contribution >= 0.6 is 0 Å². The van der Waals surface area contributed by atoms with E-state index < -0.39 is 0 Å². The van der Waals surface area contributed by atoms with E-state index >= 15 is 0 Å². The van der Waals surface area contributed by atoms with Gasteiger partial charge in [-0.3, -0.25) is 4.79 Å². The molecule has 5 nitrogen and oxygen atoms in total. The van der Waals surface area contributed by atoms with Crippen LogP contribution in [0.5, 0.6) is 5.75 Å². The standard InChI is InChI=1S/C16H25N3O2/c1-11(2)21-14-8-12(17)7-13(9-14)19-6-5-16(3,10-19)15(20)18-4/h7-9,11H,5-6,10,17H2,1-4H3,(H,18,20). The fourth-order valence-corrected chi connectivity index (χ4v) is 2.80. The Morgan fingerprint density at radius 3 is 2.76 bits per heavy atom. The van der Waals surface area contributed by atoms with Crippen molar-refractivity contribution in [2.75, 3.05) is 30.8 Å². The molecule has 0 aromatic heterocycles. The number of nitrogens with two attached hydrogens (primary N) is 1. The summed E-state index contributed by atoms with van der Waals surface area (Å²) in [6.45, 7) is 7.51. The molecule has 1 unspecified atom stereocenters. The van der Waals surface area contributed by atoms with Crippen LogP contribution in [0.3, 0.4) is 0 Å². The van der Waals surface area contributed by atoms with E-state index in [0.717, 1.165) is 24.4 Å². The first-order valence-electron chi connectivity index (χ1n) is 7.38. The minimum absolute atomic E-state index is 0.0903. The first kappa shape index (κ1) is 15.5. The lowest BCUT2D eigenvalue weighted by atomic mass is 9.89. The van der Waals surface area contributed by atoms with Crippen molar-refractivity contribution in [3.8, 4) is 5.75 Å². The van der Waals surface area contributed by atoms with Crippen molar-refractivity contribution in [2.24, 2.45) is 5.41 Å². The summed E-state index contributed by atoms with van der Waals surface area (Å²) in [4.78, 5) is 14.2. The number of anilines is 2. The number of amides is 1. The Morgan fingerprint density at radius 2 is 2.14 bits per heavy atom. The summed E-state index contributed by atoms with van der Waals surface area (Å²) in [7, 11) is 1.69. The van der Waals surface area contributed by atoms with Gasteiger partial charge in [0.1, 0.15) is 5.75 Å². The topological polar surface area (TPSA) is 67.6 Å². The van der Waals surface area contributed by atoms with Gasteiger partial charge in [0.05, 0.1) is 11.5 Å². The van der Waals surface area contributed by atoms with E-state index in [9.17, 15) is 4.79 Å². The maximum atomic E-state index is 12.0. The Labute approximate surface area is 126 Å². The van der Waals surface area contributed by atoms with Crippen LogP contribution in [0.2, 0.25) is 0 Å². The number of rotatable bonds is 4. The highest BCUT2D eigenvalue weighted by Crippen LogP contribution is 2.35. The van der Waals surface area contributed by atoms with Crippen LogP contribution in [0, 0.1) is 5.41 Å². The lowest BCUT2D eigenvalue weighted by Crippen LogP contribution is -2.39. The molecule has 0 aliphatic carbocycles. The SMILES string of the molecule is CNC(=O)C1(C)CCN(c2cc(N)cc(OC(C)C)c2)C1. The third-order valence-corrected chi connectivity index (χ3v) is 3.90. The second kappa shape index (κ2) is 5.84. The predicted octanol–water partition coefficient (Wildman–Crippen LogP) is 2.02. The van der Waals surface area contributed by atoms with Crippen LogP contribution in [0.25, 0.3) is 0 Å². The van der Waals surface area contributed by atoms with E-state index in [0.29, 0.717) is 12.2 Å². The number of hydrogen-bond acceptors (Lipinski definition) is 4. The molecular formula is C16H25N3O2. The molecule has 21 heavy (non-hydrogen) atoms. The number of nitrogen functional groups attached to an aromatic ring is 1. The Bertz CT molecular complexity index is 530. The molecule has 3 N–H and O–H groups in total. The molecule has 1 saturated heterocycles. The Balaban J connectivity index is 2.20. The van der Waals surface area contributed by atoms with Gasteiger partial charge in [-0.1, -0.05) is 0 Å². The van der Waals surface area contributed by atoms with Crippen molar-refractivity contribution in [1.82, 2.24) is 5.32 Å². The van der Waals surface area contributed by atoms with E-state index in [1.54, 1.807) is 7.05 Å². The summed E-state index contributed by atoms with van der Waals surface area (Å²) < 4.78 is 5.73. The van der Waals surface area contributed by atoms with Gasteiger partial charge in [-0.15, -0.1) is 0 Å². The molecule has 116 valence electrons. The van der Waals surface area contributed by atoms with Crippen LogP contribution in [-0.4, -0.2) is 32.1 Å². The zero-order valence-corrected chi connectivity index (χ0v) is 13.3. The second-order valence-corrected chi connectivity index (χ2v) is 6.24. The summed E-state index contributed by atoms with van der Waals surface area (Å²) >= 11 is 0. The van der Waals surface area contributed by atoms with Crippen LogP contribution in [-0.2, 0) is 4.79 Å². The molecule has 1 amide bonds. The maximum Gasteiger partial charge on any atom is 0.227 e. The van der Waals surface area contributed by atoms with Crippen LogP contribution in [0.15, 0.2) is 18.2 Å². The normalized spacial score (nSPS) is 21.7. The first-order valence-corrected chi connectivity index (χ1v) is 7.38. The summed E-state index contributed by atoms with van der Waals surface area (Å²) in [5.74, 6) is 0.862. The van der Waals surface area contributed by atoms with Gasteiger partial charge in [0.25, 0.3) is 0 Å². The first-order chi connectivity index (χ1) is 9.84. The summed E-state index contributed by atoms with van der Waals surface area (Å²) in [6.07, 6.45) is 0.941.